The maximum absolute atomic E-state index is 5.68. The summed E-state index contributed by atoms with van der Waals surface area (Å²) in [5.41, 5.74) is 2.20. The summed E-state index contributed by atoms with van der Waals surface area (Å²) in [6.45, 7) is 3.68. The average Bonchev–Trinajstić information content (AvgIpc) is 3.09. The van der Waals surface area contributed by atoms with Crippen molar-refractivity contribution in [2.45, 2.75) is 52.0 Å². The van der Waals surface area contributed by atoms with Crippen molar-refractivity contribution in [2.75, 3.05) is 6.61 Å². The second-order valence-electron chi connectivity index (χ2n) is 5.96. The van der Waals surface area contributed by atoms with Crippen LogP contribution in [0.3, 0.4) is 0 Å². The molecule has 1 aromatic carbocycles. The summed E-state index contributed by atoms with van der Waals surface area (Å²) in [7, 11) is 0. The van der Waals surface area contributed by atoms with Gasteiger partial charge in [-0.05, 0) is 50.0 Å². The third-order valence-corrected chi connectivity index (χ3v) is 4.86. The Morgan fingerprint density at radius 3 is 2.90 bits per heavy atom. The van der Waals surface area contributed by atoms with E-state index in [1.165, 1.54) is 38.5 Å². The Balaban J connectivity index is 1.76. The summed E-state index contributed by atoms with van der Waals surface area (Å²) in [5.74, 6) is 1.85. The van der Waals surface area contributed by atoms with Gasteiger partial charge in [-0.1, -0.05) is 31.7 Å². The number of para-hydroxylation sites is 1. The molecule has 0 atom stereocenters. The van der Waals surface area contributed by atoms with Gasteiger partial charge in [-0.25, -0.2) is 0 Å². The third-order valence-electron chi connectivity index (χ3n) is 4.54. The second-order valence-corrected chi connectivity index (χ2v) is 6.34. The number of hydrogen-bond acceptors (Lipinski definition) is 2. The van der Waals surface area contributed by atoms with Crippen molar-refractivity contribution in [1.82, 2.24) is 9.55 Å². The van der Waals surface area contributed by atoms with Crippen molar-refractivity contribution in [3.63, 3.8) is 0 Å². The molecular formula is C17H24N2OS. The van der Waals surface area contributed by atoms with E-state index in [2.05, 4.69) is 15.6 Å². The van der Waals surface area contributed by atoms with Crippen molar-refractivity contribution in [3.05, 3.63) is 23.0 Å². The van der Waals surface area contributed by atoms with Crippen LogP contribution in [0.1, 0.15) is 45.4 Å². The van der Waals surface area contributed by atoms with E-state index in [4.69, 9.17) is 17.0 Å². The first-order valence-electron chi connectivity index (χ1n) is 8.14. The topological polar surface area (TPSA) is 29.9 Å². The highest BCUT2D eigenvalue weighted by Crippen LogP contribution is 2.29. The number of hydrogen-bond donors (Lipinski definition) is 1. The van der Waals surface area contributed by atoms with Gasteiger partial charge in [0.2, 0.25) is 0 Å². The van der Waals surface area contributed by atoms with Gasteiger partial charge in [0.25, 0.3) is 0 Å². The molecule has 0 amide bonds. The van der Waals surface area contributed by atoms with Crippen LogP contribution in [0, 0.1) is 10.7 Å². The van der Waals surface area contributed by atoms with Crippen LogP contribution in [0.15, 0.2) is 18.2 Å². The zero-order valence-electron chi connectivity index (χ0n) is 12.7. The number of nitrogens with zero attached hydrogens (tertiary/aromatic N) is 1. The van der Waals surface area contributed by atoms with Crippen LogP contribution in [-0.2, 0) is 6.54 Å². The van der Waals surface area contributed by atoms with Crippen LogP contribution in [0.5, 0.6) is 5.75 Å². The largest absolute Gasteiger partial charge is 0.492 e. The molecule has 21 heavy (non-hydrogen) atoms. The lowest BCUT2D eigenvalue weighted by Crippen LogP contribution is -2.01. The predicted octanol–water partition coefficient (Wildman–Crippen LogP) is 5.07. The van der Waals surface area contributed by atoms with Gasteiger partial charge in [-0.15, -0.1) is 0 Å². The smallest absolute Gasteiger partial charge is 0.178 e. The molecule has 2 aromatic rings. The number of benzene rings is 1. The fraction of sp³-hybridized carbons (Fsp3) is 0.588. The van der Waals surface area contributed by atoms with Gasteiger partial charge in [0, 0.05) is 6.54 Å². The van der Waals surface area contributed by atoms with E-state index in [0.717, 1.165) is 34.0 Å². The van der Waals surface area contributed by atoms with Crippen LogP contribution in [-0.4, -0.2) is 16.2 Å². The summed E-state index contributed by atoms with van der Waals surface area (Å²) in [5, 5.41) is 0. The molecule has 1 aliphatic carbocycles. The molecule has 1 saturated carbocycles. The second kappa shape index (κ2) is 6.65. The number of ether oxygens (including phenoxy) is 1. The Labute approximate surface area is 131 Å². The van der Waals surface area contributed by atoms with E-state index in [1.807, 2.05) is 19.1 Å². The first kappa shape index (κ1) is 14.6. The average molecular weight is 304 g/mol. The molecule has 4 heteroatoms. The lowest BCUT2D eigenvalue weighted by molar-refractivity contribution is 0.343. The number of nitrogens with one attached hydrogen (secondary N) is 1. The van der Waals surface area contributed by atoms with Gasteiger partial charge >= 0.3 is 0 Å². The third kappa shape index (κ3) is 3.15. The summed E-state index contributed by atoms with van der Waals surface area (Å²) in [4.78, 5) is 3.31. The number of aromatic amines is 1. The minimum atomic E-state index is 0.673. The normalized spacial score (nSPS) is 15.9. The summed E-state index contributed by atoms with van der Waals surface area (Å²) < 4.78 is 8.72. The van der Waals surface area contributed by atoms with Crippen LogP contribution < -0.4 is 4.74 Å². The van der Waals surface area contributed by atoms with Crippen molar-refractivity contribution < 1.29 is 4.74 Å². The monoisotopic (exact) mass is 304 g/mol. The fourth-order valence-electron chi connectivity index (χ4n) is 3.49. The van der Waals surface area contributed by atoms with E-state index in [9.17, 15) is 0 Å². The number of aromatic nitrogens is 2. The Kier molecular flexibility index (Phi) is 4.63. The number of rotatable bonds is 6. The Morgan fingerprint density at radius 1 is 1.33 bits per heavy atom. The molecule has 1 aromatic heterocycles. The van der Waals surface area contributed by atoms with Gasteiger partial charge in [0.1, 0.15) is 11.3 Å². The van der Waals surface area contributed by atoms with Gasteiger partial charge in [-0.3, -0.25) is 0 Å². The molecule has 1 aliphatic rings. The number of H-pyrrole nitrogens is 1. The highest BCUT2D eigenvalue weighted by Gasteiger charge is 2.15. The van der Waals surface area contributed by atoms with Crippen molar-refractivity contribution >= 4 is 23.3 Å². The summed E-state index contributed by atoms with van der Waals surface area (Å²) in [6.07, 6.45) is 8.25. The molecule has 0 spiro atoms. The van der Waals surface area contributed by atoms with Crippen molar-refractivity contribution in [1.29, 1.82) is 0 Å². The van der Waals surface area contributed by atoms with Crippen molar-refractivity contribution in [2.24, 2.45) is 5.92 Å². The minimum absolute atomic E-state index is 0.673. The molecule has 0 saturated heterocycles. The van der Waals surface area contributed by atoms with Crippen LogP contribution in [0.25, 0.3) is 11.0 Å². The predicted molar refractivity (Wildman–Crippen MR) is 89.5 cm³/mol. The first-order valence-corrected chi connectivity index (χ1v) is 8.54. The standard InChI is InChI=1S/C17H24N2OS/c1-2-20-15-11-5-10-14-16(15)18-17(21)19(14)12-6-9-13-7-3-4-8-13/h5,10-11,13H,2-4,6-9,12H2,1H3,(H,18,21). The molecule has 0 unspecified atom stereocenters. The van der Waals surface area contributed by atoms with Crippen LogP contribution in [0.2, 0.25) is 0 Å². The highest BCUT2D eigenvalue weighted by molar-refractivity contribution is 7.71. The fourth-order valence-corrected chi connectivity index (χ4v) is 3.78. The first-order chi connectivity index (χ1) is 10.3. The molecule has 0 bridgehead atoms. The number of imidazole rings is 1. The maximum Gasteiger partial charge on any atom is 0.178 e. The molecule has 1 heterocycles. The van der Waals surface area contributed by atoms with Gasteiger partial charge in [0.05, 0.1) is 12.1 Å². The number of fused-ring (bicyclic) bond motifs is 1. The van der Waals surface area contributed by atoms with E-state index >= 15 is 0 Å². The maximum atomic E-state index is 5.68. The molecule has 0 aliphatic heterocycles. The zero-order valence-corrected chi connectivity index (χ0v) is 13.5. The molecule has 1 fully saturated rings. The Morgan fingerprint density at radius 2 is 2.14 bits per heavy atom. The Hall–Kier alpha value is -1.29. The summed E-state index contributed by atoms with van der Waals surface area (Å²) in [6, 6.07) is 6.17. The van der Waals surface area contributed by atoms with Crippen LogP contribution in [0.4, 0.5) is 0 Å². The Bertz CT molecular complexity index is 652. The minimum Gasteiger partial charge on any atom is -0.492 e. The molecule has 3 rings (SSSR count). The van der Waals surface area contributed by atoms with Gasteiger partial charge in [0.15, 0.2) is 4.77 Å². The van der Waals surface area contributed by atoms with Gasteiger partial charge in [-0.2, -0.15) is 0 Å². The molecule has 3 nitrogen and oxygen atoms in total. The molecule has 1 N–H and O–H groups in total. The molecule has 114 valence electrons. The molecule has 0 radical (unpaired) electrons. The van der Waals surface area contributed by atoms with E-state index in [-0.39, 0.29) is 0 Å². The van der Waals surface area contributed by atoms with Crippen LogP contribution >= 0.6 is 12.2 Å². The van der Waals surface area contributed by atoms with E-state index in [0.29, 0.717) is 6.61 Å². The van der Waals surface area contributed by atoms with Crippen molar-refractivity contribution in [3.8, 4) is 5.75 Å². The highest BCUT2D eigenvalue weighted by atomic mass is 32.1. The lowest BCUT2D eigenvalue weighted by Gasteiger charge is -2.10. The quantitative estimate of drug-likeness (QED) is 0.755. The molecular weight excluding hydrogens is 280 g/mol. The SMILES string of the molecule is CCOc1cccc2c1[nH]c(=S)n2CCCC1CCCC1. The van der Waals surface area contributed by atoms with E-state index < -0.39 is 0 Å². The number of aryl methyl sites for hydroxylation is 1. The summed E-state index contributed by atoms with van der Waals surface area (Å²) >= 11 is 5.50. The lowest BCUT2D eigenvalue weighted by atomic mass is 10.0. The zero-order chi connectivity index (χ0) is 14.7. The van der Waals surface area contributed by atoms with Gasteiger partial charge < -0.3 is 14.3 Å². The van der Waals surface area contributed by atoms with E-state index in [1.54, 1.807) is 0 Å².